The van der Waals surface area contributed by atoms with Crippen LogP contribution in [0.3, 0.4) is 0 Å². The highest BCUT2D eigenvalue weighted by atomic mass is 32.2. The Kier molecular flexibility index (Phi) is 4.30. The maximum absolute atomic E-state index is 11.3. The Morgan fingerprint density at radius 3 is 2.68 bits per heavy atom. The molecule has 0 unspecified atom stereocenters. The van der Waals surface area contributed by atoms with E-state index in [2.05, 4.69) is 25.7 Å². The van der Waals surface area contributed by atoms with Crippen molar-refractivity contribution >= 4 is 23.9 Å². The third kappa shape index (κ3) is 3.65. The van der Waals surface area contributed by atoms with E-state index in [1.165, 1.54) is 4.90 Å². The summed E-state index contributed by atoms with van der Waals surface area (Å²) in [6.45, 7) is 1.59. The Bertz CT molecular complexity index is 635. The van der Waals surface area contributed by atoms with Crippen LogP contribution in [0, 0.1) is 6.92 Å². The zero-order valence-corrected chi connectivity index (χ0v) is 11.4. The first kappa shape index (κ1) is 13.3. The second-order valence-electron chi connectivity index (χ2n) is 3.73. The van der Waals surface area contributed by atoms with Crippen molar-refractivity contribution in [2.75, 3.05) is 11.7 Å². The van der Waals surface area contributed by atoms with Crippen LogP contribution >= 0.6 is 11.8 Å². The van der Waals surface area contributed by atoms with E-state index in [9.17, 15) is 4.79 Å². The fourth-order valence-corrected chi connectivity index (χ4v) is 1.71. The molecule has 1 aromatic carbocycles. The van der Waals surface area contributed by atoms with Crippen LogP contribution in [0.4, 0.5) is 5.95 Å². The van der Waals surface area contributed by atoms with E-state index in [1.807, 2.05) is 30.5 Å². The van der Waals surface area contributed by atoms with Gasteiger partial charge in [-0.15, -0.1) is 22.0 Å². The van der Waals surface area contributed by atoms with Crippen molar-refractivity contribution in [3.63, 3.8) is 0 Å². The number of H-pyrrole nitrogens is 1. The molecule has 0 aliphatic heterocycles. The fourth-order valence-electron chi connectivity index (χ4n) is 1.30. The molecule has 19 heavy (non-hydrogen) atoms. The first-order valence-corrected chi connectivity index (χ1v) is 6.78. The van der Waals surface area contributed by atoms with Gasteiger partial charge in [-0.05, 0) is 30.9 Å². The SMILES string of the molecule is CSc1ccc(C=NNc2nnc(C)c(=O)[nH]2)cc1. The zero-order valence-electron chi connectivity index (χ0n) is 10.5. The van der Waals surface area contributed by atoms with E-state index in [0.29, 0.717) is 5.69 Å². The number of anilines is 1. The molecular weight excluding hydrogens is 262 g/mol. The minimum atomic E-state index is -0.281. The fraction of sp³-hybridized carbons (Fsp3) is 0.167. The van der Waals surface area contributed by atoms with Crippen molar-refractivity contribution in [3.8, 4) is 0 Å². The number of nitrogens with zero attached hydrogens (tertiary/aromatic N) is 3. The lowest BCUT2D eigenvalue weighted by atomic mass is 10.2. The van der Waals surface area contributed by atoms with Gasteiger partial charge in [0.15, 0.2) is 0 Å². The number of rotatable bonds is 4. The Morgan fingerprint density at radius 2 is 2.05 bits per heavy atom. The first-order chi connectivity index (χ1) is 9.19. The van der Waals surface area contributed by atoms with Crippen molar-refractivity contribution < 1.29 is 0 Å². The second-order valence-corrected chi connectivity index (χ2v) is 4.61. The molecule has 6 nitrogen and oxygen atoms in total. The van der Waals surface area contributed by atoms with Gasteiger partial charge in [0.05, 0.1) is 6.21 Å². The summed E-state index contributed by atoms with van der Waals surface area (Å²) in [5.41, 5.74) is 3.62. The van der Waals surface area contributed by atoms with Crippen molar-refractivity contribution in [1.82, 2.24) is 15.2 Å². The van der Waals surface area contributed by atoms with Gasteiger partial charge in [0.2, 0.25) is 5.95 Å². The number of aryl methyl sites for hydroxylation is 1. The van der Waals surface area contributed by atoms with Gasteiger partial charge in [-0.1, -0.05) is 12.1 Å². The number of aromatic nitrogens is 3. The number of thioether (sulfide) groups is 1. The van der Waals surface area contributed by atoms with Crippen molar-refractivity contribution in [1.29, 1.82) is 0 Å². The molecular formula is C12H13N5OS. The summed E-state index contributed by atoms with van der Waals surface area (Å²) < 4.78 is 0. The van der Waals surface area contributed by atoms with Crippen LogP contribution in [-0.2, 0) is 0 Å². The zero-order chi connectivity index (χ0) is 13.7. The summed E-state index contributed by atoms with van der Waals surface area (Å²) in [4.78, 5) is 15.0. The number of nitrogens with one attached hydrogen (secondary N) is 2. The molecule has 2 N–H and O–H groups in total. The van der Waals surface area contributed by atoms with Gasteiger partial charge >= 0.3 is 0 Å². The van der Waals surface area contributed by atoms with Gasteiger partial charge in [0, 0.05) is 4.90 Å². The predicted molar refractivity (Wildman–Crippen MR) is 76.8 cm³/mol. The second kappa shape index (κ2) is 6.14. The summed E-state index contributed by atoms with van der Waals surface area (Å²) in [5.74, 6) is 0.215. The summed E-state index contributed by atoms with van der Waals surface area (Å²) in [5, 5.41) is 11.4. The van der Waals surface area contributed by atoms with Crippen LogP contribution in [-0.4, -0.2) is 27.7 Å². The highest BCUT2D eigenvalue weighted by molar-refractivity contribution is 7.98. The summed E-state index contributed by atoms with van der Waals surface area (Å²) in [7, 11) is 0. The van der Waals surface area contributed by atoms with Crippen LogP contribution in [0.1, 0.15) is 11.3 Å². The normalized spacial score (nSPS) is 10.8. The van der Waals surface area contributed by atoms with Gasteiger partial charge in [-0.3, -0.25) is 9.78 Å². The quantitative estimate of drug-likeness (QED) is 0.503. The third-order valence-corrected chi connectivity index (χ3v) is 3.10. The van der Waals surface area contributed by atoms with E-state index in [1.54, 1.807) is 24.9 Å². The third-order valence-electron chi connectivity index (χ3n) is 2.36. The number of hydrogen-bond acceptors (Lipinski definition) is 6. The standard InChI is InChI=1S/C12H13N5OS/c1-8-11(18)14-12(17-15-8)16-13-7-9-3-5-10(19-2)6-4-9/h3-7H,1-2H3,(H2,14,16,17,18). The van der Waals surface area contributed by atoms with Crippen LogP contribution in [0.25, 0.3) is 0 Å². The lowest BCUT2D eigenvalue weighted by Crippen LogP contribution is -2.15. The highest BCUT2D eigenvalue weighted by Crippen LogP contribution is 2.13. The molecule has 1 aromatic heterocycles. The first-order valence-electron chi connectivity index (χ1n) is 5.56. The molecule has 0 bridgehead atoms. The molecule has 0 amide bonds. The smallest absolute Gasteiger partial charge is 0.274 e. The van der Waals surface area contributed by atoms with E-state index >= 15 is 0 Å². The Balaban J connectivity index is 2.02. The number of benzene rings is 1. The van der Waals surface area contributed by atoms with Crippen LogP contribution < -0.4 is 11.0 Å². The van der Waals surface area contributed by atoms with Crippen LogP contribution in [0.2, 0.25) is 0 Å². The van der Waals surface area contributed by atoms with Gasteiger partial charge in [0.1, 0.15) is 5.69 Å². The molecule has 98 valence electrons. The average molecular weight is 275 g/mol. The molecule has 1 heterocycles. The van der Waals surface area contributed by atoms with Crippen LogP contribution in [0.15, 0.2) is 39.1 Å². The van der Waals surface area contributed by atoms with E-state index in [-0.39, 0.29) is 11.5 Å². The van der Waals surface area contributed by atoms with Crippen molar-refractivity contribution in [3.05, 3.63) is 45.9 Å². The van der Waals surface area contributed by atoms with E-state index in [0.717, 1.165) is 5.56 Å². The number of hydrogen-bond donors (Lipinski definition) is 2. The monoisotopic (exact) mass is 275 g/mol. The molecule has 2 aromatic rings. The maximum Gasteiger partial charge on any atom is 0.274 e. The molecule has 0 saturated carbocycles. The van der Waals surface area contributed by atoms with Gasteiger partial charge in [0.25, 0.3) is 5.56 Å². The van der Waals surface area contributed by atoms with E-state index in [4.69, 9.17) is 0 Å². The Morgan fingerprint density at radius 1 is 1.32 bits per heavy atom. The Labute approximate surface area is 114 Å². The summed E-state index contributed by atoms with van der Waals surface area (Å²) in [6.07, 6.45) is 3.67. The van der Waals surface area contributed by atoms with Gasteiger partial charge < -0.3 is 0 Å². The molecule has 0 saturated heterocycles. The molecule has 0 spiro atoms. The topological polar surface area (TPSA) is 83.0 Å². The Hall–Kier alpha value is -2.15. The lowest BCUT2D eigenvalue weighted by Gasteiger charge is -1.99. The highest BCUT2D eigenvalue weighted by Gasteiger charge is 1.97. The molecule has 0 aliphatic carbocycles. The molecule has 0 fully saturated rings. The molecule has 0 radical (unpaired) electrons. The average Bonchev–Trinajstić information content (AvgIpc) is 2.43. The van der Waals surface area contributed by atoms with Crippen LogP contribution in [0.5, 0.6) is 0 Å². The van der Waals surface area contributed by atoms with Gasteiger partial charge in [-0.2, -0.15) is 5.10 Å². The summed E-state index contributed by atoms with van der Waals surface area (Å²) >= 11 is 1.68. The van der Waals surface area contributed by atoms with Crippen molar-refractivity contribution in [2.24, 2.45) is 5.10 Å². The number of hydrazone groups is 1. The predicted octanol–water partition coefficient (Wildman–Crippen LogP) is 1.64. The van der Waals surface area contributed by atoms with Crippen molar-refractivity contribution in [2.45, 2.75) is 11.8 Å². The van der Waals surface area contributed by atoms with Gasteiger partial charge in [-0.25, -0.2) is 5.43 Å². The molecule has 7 heteroatoms. The maximum atomic E-state index is 11.3. The minimum absolute atomic E-state index is 0.215. The molecule has 0 atom stereocenters. The molecule has 2 rings (SSSR count). The lowest BCUT2D eigenvalue weighted by molar-refractivity contribution is 0.897. The minimum Gasteiger partial charge on any atom is -0.288 e. The largest absolute Gasteiger partial charge is 0.288 e. The molecule has 0 aliphatic rings. The van der Waals surface area contributed by atoms with E-state index < -0.39 is 0 Å². The summed E-state index contributed by atoms with van der Waals surface area (Å²) in [6, 6.07) is 7.94. The number of aromatic amines is 1.